The van der Waals surface area contributed by atoms with Crippen molar-refractivity contribution in [1.82, 2.24) is 4.90 Å². The third kappa shape index (κ3) is 2.38. The Morgan fingerprint density at radius 1 is 1.18 bits per heavy atom. The van der Waals surface area contributed by atoms with E-state index in [2.05, 4.69) is 0 Å². The molecule has 0 bridgehead atoms. The molecule has 1 heterocycles. The summed E-state index contributed by atoms with van der Waals surface area (Å²) in [5.74, 6) is 0.314. The summed E-state index contributed by atoms with van der Waals surface area (Å²) in [7, 11) is 0. The summed E-state index contributed by atoms with van der Waals surface area (Å²) in [4.78, 5) is 25.2. The van der Waals surface area contributed by atoms with Gasteiger partial charge in [0.05, 0.1) is 0 Å². The van der Waals surface area contributed by atoms with Gasteiger partial charge in [0.15, 0.2) is 0 Å². The molecule has 1 amide bonds. The lowest BCUT2D eigenvalue weighted by Crippen LogP contribution is -2.38. The zero-order valence-electron chi connectivity index (χ0n) is 10.3. The topological polar surface area (TPSA) is 37.4 Å². The third-order valence-corrected chi connectivity index (χ3v) is 3.44. The average molecular weight is 231 g/mol. The van der Waals surface area contributed by atoms with E-state index in [0.717, 1.165) is 16.7 Å². The summed E-state index contributed by atoms with van der Waals surface area (Å²) in [6.45, 7) is 5.10. The Hall–Kier alpha value is -1.64. The maximum absolute atomic E-state index is 12.3. The van der Waals surface area contributed by atoms with E-state index < -0.39 is 0 Å². The molecule has 3 nitrogen and oxygen atoms in total. The van der Waals surface area contributed by atoms with Crippen molar-refractivity contribution in [3.05, 3.63) is 34.9 Å². The Bertz CT molecular complexity index is 455. The van der Waals surface area contributed by atoms with Crippen LogP contribution in [0.5, 0.6) is 0 Å². The quantitative estimate of drug-likeness (QED) is 0.742. The maximum atomic E-state index is 12.3. The van der Waals surface area contributed by atoms with Crippen molar-refractivity contribution in [2.24, 2.45) is 0 Å². The molecule has 1 aliphatic heterocycles. The van der Waals surface area contributed by atoms with Gasteiger partial charge in [0, 0.05) is 31.5 Å². The number of Topliss-reactive ketones (excluding diaryl/α,β-unsaturated/α-hetero) is 1. The van der Waals surface area contributed by atoms with Crippen LogP contribution in [-0.2, 0) is 4.79 Å². The molecule has 3 heteroatoms. The Morgan fingerprint density at radius 3 is 2.47 bits per heavy atom. The Kier molecular flexibility index (Phi) is 3.27. The number of rotatable bonds is 1. The largest absolute Gasteiger partial charge is 0.338 e. The molecule has 0 aliphatic carbocycles. The zero-order valence-corrected chi connectivity index (χ0v) is 10.3. The molecule has 0 atom stereocenters. The highest BCUT2D eigenvalue weighted by Crippen LogP contribution is 2.17. The summed E-state index contributed by atoms with van der Waals surface area (Å²) in [6, 6.07) is 5.78. The number of amides is 1. The number of carbonyl (C=O) groups is 2. The molecule has 0 radical (unpaired) electrons. The van der Waals surface area contributed by atoms with Crippen molar-refractivity contribution in [2.75, 3.05) is 13.1 Å². The van der Waals surface area contributed by atoms with Crippen LogP contribution in [0.3, 0.4) is 0 Å². The summed E-state index contributed by atoms with van der Waals surface area (Å²) < 4.78 is 0. The first kappa shape index (κ1) is 11.8. The van der Waals surface area contributed by atoms with Crippen LogP contribution in [-0.4, -0.2) is 29.7 Å². The molecule has 90 valence electrons. The monoisotopic (exact) mass is 231 g/mol. The highest BCUT2D eigenvalue weighted by molar-refractivity contribution is 5.97. The van der Waals surface area contributed by atoms with Crippen LogP contribution in [0.15, 0.2) is 18.2 Å². The second-order valence-corrected chi connectivity index (χ2v) is 4.58. The smallest absolute Gasteiger partial charge is 0.254 e. The molecule has 2 rings (SSSR count). The number of hydrogen-bond acceptors (Lipinski definition) is 2. The van der Waals surface area contributed by atoms with Crippen molar-refractivity contribution < 1.29 is 9.59 Å². The van der Waals surface area contributed by atoms with Crippen LogP contribution in [0, 0.1) is 13.8 Å². The summed E-state index contributed by atoms with van der Waals surface area (Å²) in [5, 5.41) is 0. The number of nitrogens with zero attached hydrogens (tertiary/aromatic N) is 1. The lowest BCUT2D eigenvalue weighted by Gasteiger charge is -2.26. The van der Waals surface area contributed by atoms with Crippen LogP contribution in [0.25, 0.3) is 0 Å². The van der Waals surface area contributed by atoms with Crippen molar-refractivity contribution in [3.8, 4) is 0 Å². The van der Waals surface area contributed by atoms with Gasteiger partial charge in [0.2, 0.25) is 0 Å². The second-order valence-electron chi connectivity index (χ2n) is 4.58. The van der Waals surface area contributed by atoms with E-state index in [0.29, 0.717) is 25.9 Å². The van der Waals surface area contributed by atoms with Gasteiger partial charge in [-0.15, -0.1) is 0 Å². The van der Waals surface area contributed by atoms with Crippen LogP contribution < -0.4 is 0 Å². The molecular formula is C14H17NO2. The minimum Gasteiger partial charge on any atom is -0.338 e. The van der Waals surface area contributed by atoms with E-state index in [1.165, 1.54) is 0 Å². The van der Waals surface area contributed by atoms with E-state index in [1.54, 1.807) is 4.90 Å². The van der Waals surface area contributed by atoms with E-state index in [1.807, 2.05) is 32.0 Å². The average Bonchev–Trinajstić information content (AvgIpc) is 2.33. The Morgan fingerprint density at radius 2 is 1.82 bits per heavy atom. The molecule has 1 fully saturated rings. The first-order valence-electron chi connectivity index (χ1n) is 5.97. The van der Waals surface area contributed by atoms with Gasteiger partial charge in [0.1, 0.15) is 5.78 Å². The first-order valence-corrected chi connectivity index (χ1v) is 5.97. The highest BCUT2D eigenvalue weighted by atomic mass is 16.2. The van der Waals surface area contributed by atoms with Crippen LogP contribution in [0.2, 0.25) is 0 Å². The summed E-state index contributed by atoms with van der Waals surface area (Å²) >= 11 is 0. The van der Waals surface area contributed by atoms with Gasteiger partial charge in [-0.1, -0.05) is 12.1 Å². The van der Waals surface area contributed by atoms with Gasteiger partial charge in [-0.2, -0.15) is 0 Å². The molecule has 1 saturated heterocycles. The van der Waals surface area contributed by atoms with E-state index >= 15 is 0 Å². The van der Waals surface area contributed by atoms with Crippen molar-refractivity contribution >= 4 is 11.7 Å². The van der Waals surface area contributed by atoms with Crippen molar-refractivity contribution in [1.29, 1.82) is 0 Å². The number of likely N-dealkylation sites (tertiary alicyclic amines) is 1. The molecule has 1 aromatic rings. The number of aryl methyl sites for hydroxylation is 1. The van der Waals surface area contributed by atoms with E-state index in [-0.39, 0.29) is 11.7 Å². The Labute approximate surface area is 101 Å². The third-order valence-electron chi connectivity index (χ3n) is 3.44. The zero-order chi connectivity index (χ0) is 12.4. The SMILES string of the molecule is Cc1cccc(C(=O)N2CCC(=O)CC2)c1C. The fourth-order valence-electron chi connectivity index (χ4n) is 2.11. The van der Waals surface area contributed by atoms with Crippen LogP contribution in [0.4, 0.5) is 0 Å². The predicted octanol–water partition coefficient (Wildman–Crippen LogP) is 2.11. The van der Waals surface area contributed by atoms with Crippen LogP contribution in [0.1, 0.15) is 34.3 Å². The van der Waals surface area contributed by atoms with Crippen molar-refractivity contribution in [2.45, 2.75) is 26.7 Å². The van der Waals surface area contributed by atoms with Gasteiger partial charge in [0.25, 0.3) is 5.91 Å². The second kappa shape index (κ2) is 4.70. The fourth-order valence-corrected chi connectivity index (χ4v) is 2.11. The minimum absolute atomic E-state index is 0.0544. The predicted molar refractivity (Wildman–Crippen MR) is 66.1 cm³/mol. The lowest BCUT2D eigenvalue weighted by atomic mass is 10.0. The van der Waals surface area contributed by atoms with Gasteiger partial charge in [-0.3, -0.25) is 9.59 Å². The van der Waals surface area contributed by atoms with Crippen molar-refractivity contribution in [3.63, 3.8) is 0 Å². The molecule has 0 N–H and O–H groups in total. The molecule has 0 saturated carbocycles. The lowest BCUT2D eigenvalue weighted by molar-refractivity contribution is -0.120. The molecule has 1 aromatic carbocycles. The minimum atomic E-state index is 0.0544. The fraction of sp³-hybridized carbons (Fsp3) is 0.429. The number of piperidine rings is 1. The number of ketones is 1. The molecule has 1 aliphatic rings. The molecule has 0 unspecified atom stereocenters. The van der Waals surface area contributed by atoms with Gasteiger partial charge >= 0.3 is 0 Å². The molecule has 17 heavy (non-hydrogen) atoms. The standard InChI is InChI=1S/C14H17NO2/c1-10-4-3-5-13(11(10)2)14(17)15-8-6-12(16)7-9-15/h3-5H,6-9H2,1-2H3. The first-order chi connectivity index (χ1) is 8.09. The van der Waals surface area contributed by atoms with Gasteiger partial charge in [-0.25, -0.2) is 0 Å². The molecule has 0 spiro atoms. The summed E-state index contributed by atoms with van der Waals surface area (Å²) in [5.41, 5.74) is 2.93. The number of benzene rings is 1. The van der Waals surface area contributed by atoms with Gasteiger partial charge < -0.3 is 4.90 Å². The van der Waals surface area contributed by atoms with E-state index in [9.17, 15) is 9.59 Å². The number of hydrogen-bond donors (Lipinski definition) is 0. The number of carbonyl (C=O) groups excluding carboxylic acids is 2. The normalized spacial score (nSPS) is 16.1. The molecule has 0 aromatic heterocycles. The van der Waals surface area contributed by atoms with E-state index in [4.69, 9.17) is 0 Å². The molecular weight excluding hydrogens is 214 g/mol. The highest BCUT2D eigenvalue weighted by Gasteiger charge is 2.22. The van der Waals surface area contributed by atoms with Gasteiger partial charge in [-0.05, 0) is 31.0 Å². The maximum Gasteiger partial charge on any atom is 0.254 e. The summed E-state index contributed by atoms with van der Waals surface area (Å²) in [6.07, 6.45) is 0.993. The Balaban J connectivity index is 2.20. The van der Waals surface area contributed by atoms with Crippen LogP contribution >= 0.6 is 0 Å².